The van der Waals surface area contributed by atoms with Crippen molar-refractivity contribution in [3.63, 3.8) is 0 Å². The molecule has 0 saturated carbocycles. The molecule has 0 saturated heterocycles. The standard InChI is InChI=1S/C11H20N4/c1-9(2)8-10-4-7-14-11(15-10)13-6-3-5-12/h4,7,9H,3,5-6,8,12H2,1-2H3,(H,13,14,15). The number of nitrogens with two attached hydrogens (primary N) is 1. The van der Waals surface area contributed by atoms with Crippen molar-refractivity contribution >= 4 is 5.95 Å². The zero-order valence-electron chi connectivity index (χ0n) is 9.53. The zero-order chi connectivity index (χ0) is 11.1. The Kier molecular flexibility index (Phi) is 5.04. The van der Waals surface area contributed by atoms with Gasteiger partial charge in [-0.1, -0.05) is 13.8 Å². The fourth-order valence-corrected chi connectivity index (χ4v) is 1.32. The van der Waals surface area contributed by atoms with Gasteiger partial charge in [-0.3, -0.25) is 0 Å². The van der Waals surface area contributed by atoms with Crippen molar-refractivity contribution < 1.29 is 0 Å². The van der Waals surface area contributed by atoms with Gasteiger partial charge in [0.1, 0.15) is 0 Å². The quantitative estimate of drug-likeness (QED) is 0.694. The Hall–Kier alpha value is -1.16. The third kappa shape index (κ3) is 4.74. The van der Waals surface area contributed by atoms with E-state index >= 15 is 0 Å². The van der Waals surface area contributed by atoms with Crippen LogP contribution in [0.5, 0.6) is 0 Å². The van der Waals surface area contributed by atoms with Crippen molar-refractivity contribution in [3.8, 4) is 0 Å². The molecule has 1 aromatic rings. The first-order valence-electron chi connectivity index (χ1n) is 5.48. The maximum Gasteiger partial charge on any atom is 0.222 e. The molecule has 0 amide bonds. The normalized spacial score (nSPS) is 10.7. The van der Waals surface area contributed by atoms with Crippen LogP contribution in [0.4, 0.5) is 5.95 Å². The number of nitrogens with zero attached hydrogens (tertiary/aromatic N) is 2. The second-order valence-electron chi connectivity index (χ2n) is 4.04. The highest BCUT2D eigenvalue weighted by molar-refractivity contribution is 5.24. The summed E-state index contributed by atoms with van der Waals surface area (Å²) < 4.78 is 0. The third-order valence-electron chi connectivity index (χ3n) is 1.99. The summed E-state index contributed by atoms with van der Waals surface area (Å²) in [6.45, 7) is 5.90. The van der Waals surface area contributed by atoms with E-state index in [4.69, 9.17) is 5.73 Å². The molecule has 0 aromatic carbocycles. The predicted molar refractivity (Wildman–Crippen MR) is 62.7 cm³/mol. The fraction of sp³-hybridized carbons (Fsp3) is 0.636. The molecule has 0 aliphatic rings. The van der Waals surface area contributed by atoms with Crippen LogP contribution in [0.3, 0.4) is 0 Å². The Morgan fingerprint density at radius 2 is 2.27 bits per heavy atom. The number of nitrogens with one attached hydrogen (secondary N) is 1. The largest absolute Gasteiger partial charge is 0.354 e. The van der Waals surface area contributed by atoms with E-state index in [9.17, 15) is 0 Å². The molecule has 3 N–H and O–H groups in total. The van der Waals surface area contributed by atoms with E-state index in [1.807, 2.05) is 6.07 Å². The molecule has 4 heteroatoms. The van der Waals surface area contributed by atoms with Crippen molar-refractivity contribution in [2.75, 3.05) is 18.4 Å². The van der Waals surface area contributed by atoms with Crippen LogP contribution in [-0.2, 0) is 6.42 Å². The van der Waals surface area contributed by atoms with Gasteiger partial charge >= 0.3 is 0 Å². The first-order chi connectivity index (χ1) is 7.22. The Labute approximate surface area is 91.3 Å². The molecule has 0 aliphatic carbocycles. The number of hydrogen-bond acceptors (Lipinski definition) is 4. The summed E-state index contributed by atoms with van der Waals surface area (Å²) in [5, 5.41) is 3.16. The minimum atomic E-state index is 0.622. The molecular formula is C11H20N4. The molecule has 84 valence electrons. The summed E-state index contributed by atoms with van der Waals surface area (Å²) >= 11 is 0. The highest BCUT2D eigenvalue weighted by Gasteiger charge is 2.01. The van der Waals surface area contributed by atoms with E-state index in [1.54, 1.807) is 6.20 Å². The second kappa shape index (κ2) is 6.35. The Morgan fingerprint density at radius 1 is 1.47 bits per heavy atom. The average Bonchev–Trinajstić information content (AvgIpc) is 2.18. The van der Waals surface area contributed by atoms with E-state index in [1.165, 1.54) is 0 Å². The van der Waals surface area contributed by atoms with Gasteiger partial charge in [-0.25, -0.2) is 9.97 Å². The van der Waals surface area contributed by atoms with Crippen LogP contribution in [0.2, 0.25) is 0 Å². The minimum absolute atomic E-state index is 0.622. The molecule has 0 fully saturated rings. The van der Waals surface area contributed by atoms with Crippen molar-refractivity contribution in [2.24, 2.45) is 11.7 Å². The number of rotatable bonds is 6. The lowest BCUT2D eigenvalue weighted by molar-refractivity contribution is 0.634. The van der Waals surface area contributed by atoms with Gasteiger partial charge in [0.25, 0.3) is 0 Å². The zero-order valence-corrected chi connectivity index (χ0v) is 9.53. The maximum atomic E-state index is 5.41. The molecule has 0 spiro atoms. The second-order valence-corrected chi connectivity index (χ2v) is 4.04. The van der Waals surface area contributed by atoms with Gasteiger partial charge in [0, 0.05) is 18.4 Å². The molecule has 15 heavy (non-hydrogen) atoms. The van der Waals surface area contributed by atoms with Gasteiger partial charge in [-0.2, -0.15) is 0 Å². The van der Waals surface area contributed by atoms with Crippen molar-refractivity contribution in [1.82, 2.24) is 9.97 Å². The van der Waals surface area contributed by atoms with Crippen LogP contribution < -0.4 is 11.1 Å². The Morgan fingerprint density at radius 3 is 2.93 bits per heavy atom. The van der Waals surface area contributed by atoms with Crippen molar-refractivity contribution in [1.29, 1.82) is 0 Å². The Balaban J connectivity index is 2.50. The lowest BCUT2D eigenvalue weighted by Gasteiger charge is -2.07. The highest BCUT2D eigenvalue weighted by atomic mass is 15.1. The van der Waals surface area contributed by atoms with Gasteiger partial charge in [0.15, 0.2) is 0 Å². The molecule has 1 rings (SSSR count). The predicted octanol–water partition coefficient (Wildman–Crippen LogP) is 1.44. The van der Waals surface area contributed by atoms with Gasteiger partial charge in [-0.05, 0) is 31.4 Å². The summed E-state index contributed by atoms with van der Waals surface area (Å²) in [7, 11) is 0. The van der Waals surface area contributed by atoms with E-state index in [-0.39, 0.29) is 0 Å². The fourth-order valence-electron chi connectivity index (χ4n) is 1.32. The van der Waals surface area contributed by atoms with Crippen LogP contribution >= 0.6 is 0 Å². The van der Waals surface area contributed by atoms with E-state index < -0.39 is 0 Å². The molecule has 1 heterocycles. The first-order valence-corrected chi connectivity index (χ1v) is 5.48. The number of hydrogen-bond donors (Lipinski definition) is 2. The summed E-state index contributed by atoms with van der Waals surface area (Å²) in [6.07, 6.45) is 3.74. The van der Waals surface area contributed by atoms with Crippen LogP contribution in [0, 0.1) is 5.92 Å². The maximum absolute atomic E-state index is 5.41. The summed E-state index contributed by atoms with van der Waals surface area (Å²) in [5.41, 5.74) is 6.50. The van der Waals surface area contributed by atoms with Crippen LogP contribution in [0.15, 0.2) is 12.3 Å². The SMILES string of the molecule is CC(C)Cc1ccnc(NCCCN)n1. The smallest absolute Gasteiger partial charge is 0.222 e. The summed E-state index contributed by atoms with van der Waals surface area (Å²) in [6, 6.07) is 1.97. The third-order valence-corrected chi connectivity index (χ3v) is 1.99. The van der Waals surface area contributed by atoms with Gasteiger partial charge in [0.05, 0.1) is 0 Å². The summed E-state index contributed by atoms with van der Waals surface area (Å²) in [5.74, 6) is 1.33. The van der Waals surface area contributed by atoms with Crippen LogP contribution in [0.25, 0.3) is 0 Å². The van der Waals surface area contributed by atoms with Crippen molar-refractivity contribution in [2.45, 2.75) is 26.7 Å². The minimum Gasteiger partial charge on any atom is -0.354 e. The van der Waals surface area contributed by atoms with Gasteiger partial charge < -0.3 is 11.1 Å². The van der Waals surface area contributed by atoms with E-state index in [0.29, 0.717) is 18.4 Å². The lowest BCUT2D eigenvalue weighted by Crippen LogP contribution is -2.11. The van der Waals surface area contributed by atoms with E-state index in [0.717, 1.165) is 25.1 Å². The van der Waals surface area contributed by atoms with Crippen LogP contribution in [-0.4, -0.2) is 23.1 Å². The molecule has 0 bridgehead atoms. The monoisotopic (exact) mass is 208 g/mol. The van der Waals surface area contributed by atoms with Gasteiger partial charge in [0.2, 0.25) is 5.95 Å². The molecule has 0 atom stereocenters. The molecule has 0 radical (unpaired) electrons. The molecule has 1 aromatic heterocycles. The Bertz CT molecular complexity index is 286. The van der Waals surface area contributed by atoms with Crippen molar-refractivity contribution in [3.05, 3.63) is 18.0 Å². The lowest BCUT2D eigenvalue weighted by atomic mass is 10.1. The van der Waals surface area contributed by atoms with E-state index in [2.05, 4.69) is 29.1 Å². The topological polar surface area (TPSA) is 63.8 Å². The summed E-state index contributed by atoms with van der Waals surface area (Å²) in [4.78, 5) is 8.58. The number of aromatic nitrogens is 2. The van der Waals surface area contributed by atoms with Crippen LogP contribution in [0.1, 0.15) is 26.0 Å². The molecule has 4 nitrogen and oxygen atoms in total. The molecular weight excluding hydrogens is 188 g/mol. The molecule has 0 aliphatic heterocycles. The first kappa shape index (κ1) is 11.9. The average molecular weight is 208 g/mol. The number of anilines is 1. The molecule has 0 unspecified atom stereocenters. The highest BCUT2D eigenvalue weighted by Crippen LogP contribution is 2.06. The van der Waals surface area contributed by atoms with Gasteiger partial charge in [-0.15, -0.1) is 0 Å².